The third kappa shape index (κ3) is 10.8. The van der Waals surface area contributed by atoms with E-state index in [9.17, 15) is 26.3 Å². The maximum atomic E-state index is 10.6. The van der Waals surface area contributed by atoms with Crippen LogP contribution in [0.5, 0.6) is 0 Å². The van der Waals surface area contributed by atoms with Crippen molar-refractivity contribution in [1.82, 2.24) is 9.88 Å². The van der Waals surface area contributed by atoms with Crippen LogP contribution in [-0.4, -0.2) is 83.4 Å². The number of nitrogens with zero attached hydrogens (tertiary/aromatic N) is 2. The van der Waals surface area contributed by atoms with Gasteiger partial charge in [-0.3, -0.25) is 9.88 Å². The van der Waals surface area contributed by atoms with E-state index in [1.807, 2.05) is 12.3 Å². The molecule has 1 spiro atoms. The van der Waals surface area contributed by atoms with Gasteiger partial charge in [0.05, 0.1) is 11.3 Å². The summed E-state index contributed by atoms with van der Waals surface area (Å²) in [6.45, 7) is 4.96. The summed E-state index contributed by atoms with van der Waals surface area (Å²) in [5.41, 5.74) is 1.29. The molecule has 2 saturated heterocycles. The lowest BCUT2D eigenvalue weighted by Gasteiger charge is -2.42. The number of aromatic nitrogens is 1. The lowest BCUT2D eigenvalue weighted by Crippen LogP contribution is -2.47. The number of carbonyl (C=O) groups is 2. The number of alkyl halides is 6. The van der Waals surface area contributed by atoms with E-state index in [4.69, 9.17) is 29.3 Å². The topological polar surface area (TPSA) is 109 Å². The molecule has 1 aromatic heterocycles. The Balaban J connectivity index is 0.000000362. The molecule has 1 unspecified atom stereocenters. The molecule has 2 aliphatic rings. The number of halogens is 6. The van der Waals surface area contributed by atoms with Crippen molar-refractivity contribution < 1.29 is 55.6 Å². The fourth-order valence-electron chi connectivity index (χ4n) is 3.82. The van der Waals surface area contributed by atoms with Crippen molar-refractivity contribution >= 4 is 11.9 Å². The summed E-state index contributed by atoms with van der Waals surface area (Å²) < 4.78 is 74.9. The van der Waals surface area contributed by atoms with Gasteiger partial charge in [0, 0.05) is 46.2 Å². The number of methoxy groups -OCH3 is 1. The standard InChI is InChI=1S/C17H26N2O2.2C2HF3O2/c1-20-12-5-15-6-13-21-17(15)7-10-19(11-8-17)14-16-4-2-3-9-18-16;2*3-2(4,5)1(6)7/h2-4,9,15H,5-8,10-14H2,1H3;2*(H,6,7). The molecule has 35 heavy (non-hydrogen) atoms. The Morgan fingerprint density at radius 3 is 2.09 bits per heavy atom. The Bertz CT molecular complexity index is 759. The lowest BCUT2D eigenvalue weighted by molar-refractivity contribution is -0.193. The number of rotatable bonds is 5. The highest BCUT2D eigenvalue weighted by atomic mass is 19.4. The molecule has 0 bridgehead atoms. The number of aliphatic carboxylic acids is 2. The second-order valence-corrected chi connectivity index (χ2v) is 7.88. The van der Waals surface area contributed by atoms with Crippen LogP contribution in [-0.2, 0) is 25.6 Å². The van der Waals surface area contributed by atoms with Gasteiger partial charge in [-0.15, -0.1) is 0 Å². The summed E-state index contributed by atoms with van der Waals surface area (Å²) in [4.78, 5) is 24.7. The van der Waals surface area contributed by atoms with Crippen LogP contribution in [0.15, 0.2) is 24.4 Å². The largest absolute Gasteiger partial charge is 0.490 e. The van der Waals surface area contributed by atoms with Crippen molar-refractivity contribution in [2.24, 2.45) is 5.92 Å². The van der Waals surface area contributed by atoms with Gasteiger partial charge in [0.1, 0.15) is 0 Å². The predicted molar refractivity (Wildman–Crippen MR) is 109 cm³/mol. The second kappa shape index (κ2) is 13.6. The second-order valence-electron chi connectivity index (χ2n) is 7.88. The predicted octanol–water partition coefficient (Wildman–Crippen LogP) is 3.76. The minimum atomic E-state index is -5.08. The van der Waals surface area contributed by atoms with Crippen molar-refractivity contribution in [2.45, 2.75) is 50.2 Å². The van der Waals surface area contributed by atoms with Crippen molar-refractivity contribution in [3.8, 4) is 0 Å². The first-order valence-electron chi connectivity index (χ1n) is 10.6. The van der Waals surface area contributed by atoms with E-state index >= 15 is 0 Å². The average molecular weight is 518 g/mol. The van der Waals surface area contributed by atoms with Gasteiger partial charge in [0.25, 0.3) is 0 Å². The van der Waals surface area contributed by atoms with E-state index in [1.54, 1.807) is 7.11 Å². The minimum Gasteiger partial charge on any atom is -0.475 e. The number of piperidine rings is 1. The highest BCUT2D eigenvalue weighted by Gasteiger charge is 2.45. The van der Waals surface area contributed by atoms with Gasteiger partial charge < -0.3 is 19.7 Å². The molecule has 2 aliphatic heterocycles. The highest BCUT2D eigenvalue weighted by Crippen LogP contribution is 2.42. The summed E-state index contributed by atoms with van der Waals surface area (Å²) in [7, 11) is 1.79. The molecular weight excluding hydrogens is 490 g/mol. The molecule has 0 radical (unpaired) electrons. The van der Waals surface area contributed by atoms with Gasteiger partial charge in [0.2, 0.25) is 0 Å². The SMILES string of the molecule is COCCC1CCOC12CCN(Cc1ccccn1)CC2.O=C(O)C(F)(F)F.O=C(O)C(F)(F)F. The average Bonchev–Trinajstić information content (AvgIpc) is 3.16. The molecule has 0 aliphatic carbocycles. The van der Waals surface area contributed by atoms with Gasteiger partial charge in [-0.1, -0.05) is 6.07 Å². The molecule has 200 valence electrons. The van der Waals surface area contributed by atoms with Crippen LogP contribution in [0.2, 0.25) is 0 Å². The van der Waals surface area contributed by atoms with E-state index in [2.05, 4.69) is 22.0 Å². The summed E-state index contributed by atoms with van der Waals surface area (Å²) in [6, 6.07) is 6.15. The number of hydrogen-bond donors (Lipinski definition) is 2. The van der Waals surface area contributed by atoms with E-state index in [1.165, 1.54) is 6.42 Å². The Morgan fingerprint density at radius 2 is 1.66 bits per heavy atom. The van der Waals surface area contributed by atoms with Gasteiger partial charge in [0.15, 0.2) is 0 Å². The van der Waals surface area contributed by atoms with E-state index < -0.39 is 24.3 Å². The van der Waals surface area contributed by atoms with Crippen LogP contribution >= 0.6 is 0 Å². The van der Waals surface area contributed by atoms with Crippen LogP contribution in [0.1, 0.15) is 31.4 Å². The van der Waals surface area contributed by atoms with Crippen molar-refractivity contribution in [1.29, 1.82) is 0 Å². The number of ether oxygens (including phenoxy) is 2. The van der Waals surface area contributed by atoms with Gasteiger partial charge in [-0.05, 0) is 43.7 Å². The number of carboxylic acid groups (broad SMARTS) is 2. The first-order valence-corrected chi connectivity index (χ1v) is 10.6. The highest BCUT2D eigenvalue weighted by molar-refractivity contribution is 5.73. The maximum Gasteiger partial charge on any atom is 0.490 e. The molecule has 1 atom stereocenters. The smallest absolute Gasteiger partial charge is 0.475 e. The fourth-order valence-corrected chi connectivity index (χ4v) is 3.82. The van der Waals surface area contributed by atoms with E-state index in [0.717, 1.165) is 57.8 Å². The van der Waals surface area contributed by atoms with Crippen molar-refractivity contribution in [2.75, 3.05) is 33.4 Å². The number of carboxylic acids is 2. The number of pyridine rings is 1. The summed E-state index contributed by atoms with van der Waals surface area (Å²) in [5.74, 6) is -4.84. The van der Waals surface area contributed by atoms with Crippen LogP contribution in [0.4, 0.5) is 26.3 Å². The third-order valence-corrected chi connectivity index (χ3v) is 5.57. The summed E-state index contributed by atoms with van der Waals surface area (Å²) in [6.07, 6.45) is -3.66. The molecule has 3 rings (SSSR count). The lowest BCUT2D eigenvalue weighted by atomic mass is 9.78. The molecule has 0 amide bonds. The first kappa shape index (κ1) is 30.6. The quantitative estimate of drug-likeness (QED) is 0.568. The van der Waals surface area contributed by atoms with Crippen LogP contribution in [0.3, 0.4) is 0 Å². The maximum absolute atomic E-state index is 10.6. The van der Waals surface area contributed by atoms with Gasteiger partial charge in [-0.25, -0.2) is 9.59 Å². The Morgan fingerprint density at radius 1 is 1.11 bits per heavy atom. The molecule has 14 heteroatoms. The minimum absolute atomic E-state index is 0.124. The van der Waals surface area contributed by atoms with Crippen LogP contribution in [0.25, 0.3) is 0 Å². The zero-order chi connectivity index (χ0) is 26.7. The Hall–Kier alpha value is -2.45. The molecular formula is C21H28F6N2O6. The molecule has 8 nitrogen and oxygen atoms in total. The first-order chi connectivity index (χ1) is 16.2. The molecule has 2 N–H and O–H groups in total. The molecule has 0 saturated carbocycles. The Labute approximate surface area is 197 Å². The summed E-state index contributed by atoms with van der Waals surface area (Å²) in [5, 5.41) is 14.2. The van der Waals surface area contributed by atoms with E-state index in [-0.39, 0.29) is 5.60 Å². The molecule has 2 fully saturated rings. The van der Waals surface area contributed by atoms with Crippen molar-refractivity contribution in [3.05, 3.63) is 30.1 Å². The Kier molecular flexibility index (Phi) is 11.9. The number of likely N-dealkylation sites (tertiary alicyclic amines) is 1. The van der Waals surface area contributed by atoms with Crippen LogP contribution < -0.4 is 0 Å². The monoisotopic (exact) mass is 518 g/mol. The van der Waals surface area contributed by atoms with Gasteiger partial charge >= 0.3 is 24.3 Å². The zero-order valence-corrected chi connectivity index (χ0v) is 18.9. The summed E-state index contributed by atoms with van der Waals surface area (Å²) >= 11 is 0. The van der Waals surface area contributed by atoms with E-state index in [0.29, 0.717) is 5.92 Å². The van der Waals surface area contributed by atoms with Gasteiger partial charge in [-0.2, -0.15) is 26.3 Å². The third-order valence-electron chi connectivity index (χ3n) is 5.57. The molecule has 3 heterocycles. The van der Waals surface area contributed by atoms with Crippen LogP contribution in [0, 0.1) is 5.92 Å². The number of hydrogen-bond acceptors (Lipinski definition) is 6. The molecule has 0 aromatic carbocycles. The zero-order valence-electron chi connectivity index (χ0n) is 18.9. The normalized spacial score (nSPS) is 19.8. The van der Waals surface area contributed by atoms with Crippen molar-refractivity contribution in [3.63, 3.8) is 0 Å². The fraction of sp³-hybridized carbons (Fsp3) is 0.667. The molecule has 1 aromatic rings.